The number of fused-ring (bicyclic) bond motifs is 1. The number of nitrogens with one attached hydrogen (secondary N) is 2. The topological polar surface area (TPSA) is 110 Å². The lowest BCUT2D eigenvalue weighted by Gasteiger charge is -2.27. The van der Waals surface area contributed by atoms with Crippen LogP contribution in [0.5, 0.6) is 11.5 Å². The number of hydrogen-bond donors (Lipinski definition) is 2. The van der Waals surface area contributed by atoms with Crippen molar-refractivity contribution in [3.8, 4) is 11.5 Å². The molecule has 3 heterocycles. The van der Waals surface area contributed by atoms with Gasteiger partial charge in [0.2, 0.25) is 0 Å². The van der Waals surface area contributed by atoms with Gasteiger partial charge in [-0.2, -0.15) is 0 Å². The second-order valence-electron chi connectivity index (χ2n) is 9.13. The normalized spacial score (nSPS) is 16.3. The van der Waals surface area contributed by atoms with Crippen LogP contribution in [0.4, 0.5) is 22.0 Å². The maximum Gasteiger partial charge on any atom is 0.322 e. The van der Waals surface area contributed by atoms with Crippen molar-refractivity contribution >= 4 is 34.1 Å². The van der Waals surface area contributed by atoms with Crippen LogP contribution in [0.25, 0.3) is 10.9 Å². The van der Waals surface area contributed by atoms with E-state index in [1.165, 1.54) is 6.33 Å². The highest BCUT2D eigenvalue weighted by Crippen LogP contribution is 2.35. The molecule has 0 bridgehead atoms. The largest absolute Gasteiger partial charge is 0.493 e. The number of rotatable bonds is 9. The van der Waals surface area contributed by atoms with E-state index in [1.807, 2.05) is 36.4 Å². The average Bonchev–Trinajstić information content (AvgIpc) is 2.96. The Morgan fingerprint density at radius 2 is 1.74 bits per heavy atom. The Morgan fingerprint density at radius 1 is 0.974 bits per heavy atom. The van der Waals surface area contributed by atoms with E-state index in [-0.39, 0.29) is 6.03 Å². The van der Waals surface area contributed by atoms with Crippen LogP contribution in [0.1, 0.15) is 6.42 Å². The number of anilines is 3. The molecule has 11 heteroatoms. The van der Waals surface area contributed by atoms with Gasteiger partial charge in [0.25, 0.3) is 0 Å². The molecule has 0 atom stereocenters. The third kappa shape index (κ3) is 6.60. The van der Waals surface area contributed by atoms with Crippen LogP contribution >= 0.6 is 0 Å². The van der Waals surface area contributed by atoms with Crippen LogP contribution in [-0.2, 0) is 9.47 Å². The van der Waals surface area contributed by atoms with Gasteiger partial charge < -0.3 is 34.5 Å². The van der Waals surface area contributed by atoms with Crippen LogP contribution in [0.15, 0.2) is 42.7 Å². The SMILES string of the molecule is COc1cc2ncnc(Nc3cccc(NC(=O)N4CCOCC4)c3)c2cc1OCCCN1CCOCC1. The summed E-state index contributed by atoms with van der Waals surface area (Å²) in [7, 11) is 1.62. The van der Waals surface area contributed by atoms with E-state index < -0.39 is 0 Å². The first-order valence-corrected chi connectivity index (χ1v) is 13.0. The summed E-state index contributed by atoms with van der Waals surface area (Å²) < 4.78 is 22.4. The minimum atomic E-state index is -0.138. The molecule has 2 aliphatic rings. The molecule has 0 saturated carbocycles. The summed E-state index contributed by atoms with van der Waals surface area (Å²) in [5.41, 5.74) is 2.21. The van der Waals surface area contributed by atoms with Crippen molar-refractivity contribution in [1.29, 1.82) is 0 Å². The van der Waals surface area contributed by atoms with E-state index in [1.54, 1.807) is 12.0 Å². The van der Waals surface area contributed by atoms with Gasteiger partial charge in [0.05, 0.1) is 45.7 Å². The fraction of sp³-hybridized carbons (Fsp3) is 0.444. The number of benzene rings is 2. The van der Waals surface area contributed by atoms with E-state index in [0.29, 0.717) is 55.9 Å². The Labute approximate surface area is 222 Å². The van der Waals surface area contributed by atoms with Crippen LogP contribution in [0.2, 0.25) is 0 Å². The van der Waals surface area contributed by atoms with Crippen molar-refractivity contribution in [2.45, 2.75) is 6.42 Å². The Morgan fingerprint density at radius 3 is 2.53 bits per heavy atom. The molecule has 0 aliphatic carbocycles. The van der Waals surface area contributed by atoms with E-state index in [9.17, 15) is 4.79 Å². The number of hydrogen-bond acceptors (Lipinski definition) is 9. The number of carbonyl (C=O) groups is 1. The van der Waals surface area contributed by atoms with E-state index in [4.69, 9.17) is 18.9 Å². The highest BCUT2D eigenvalue weighted by atomic mass is 16.5. The predicted molar refractivity (Wildman–Crippen MR) is 145 cm³/mol. The number of urea groups is 1. The molecule has 0 spiro atoms. The summed E-state index contributed by atoms with van der Waals surface area (Å²) >= 11 is 0. The van der Waals surface area contributed by atoms with Gasteiger partial charge in [-0.25, -0.2) is 14.8 Å². The van der Waals surface area contributed by atoms with Gasteiger partial charge in [0, 0.05) is 55.6 Å². The zero-order valence-electron chi connectivity index (χ0n) is 21.6. The van der Waals surface area contributed by atoms with Gasteiger partial charge in [0.15, 0.2) is 11.5 Å². The summed E-state index contributed by atoms with van der Waals surface area (Å²) in [6.45, 7) is 7.31. The van der Waals surface area contributed by atoms with Crippen molar-refractivity contribution in [2.75, 3.05) is 83.5 Å². The highest BCUT2D eigenvalue weighted by Gasteiger charge is 2.17. The molecule has 2 N–H and O–H groups in total. The highest BCUT2D eigenvalue weighted by molar-refractivity contribution is 5.94. The summed E-state index contributed by atoms with van der Waals surface area (Å²) in [6, 6.07) is 11.2. The van der Waals surface area contributed by atoms with Gasteiger partial charge in [-0.15, -0.1) is 0 Å². The first-order valence-electron chi connectivity index (χ1n) is 13.0. The van der Waals surface area contributed by atoms with Gasteiger partial charge in [-0.3, -0.25) is 4.90 Å². The first-order chi connectivity index (χ1) is 18.7. The Bertz CT molecular complexity index is 1230. The molecule has 2 saturated heterocycles. The molecule has 2 aromatic carbocycles. The van der Waals surface area contributed by atoms with Crippen LogP contribution in [0, 0.1) is 0 Å². The second kappa shape index (κ2) is 12.7. The third-order valence-electron chi connectivity index (χ3n) is 6.58. The molecular weight excluding hydrogens is 488 g/mol. The fourth-order valence-electron chi connectivity index (χ4n) is 4.51. The van der Waals surface area contributed by atoms with Gasteiger partial charge >= 0.3 is 6.03 Å². The summed E-state index contributed by atoms with van der Waals surface area (Å²) in [6.07, 6.45) is 2.41. The number of ether oxygens (including phenoxy) is 4. The molecule has 38 heavy (non-hydrogen) atoms. The number of carbonyl (C=O) groups excluding carboxylic acids is 1. The molecule has 5 rings (SSSR count). The van der Waals surface area contributed by atoms with E-state index in [2.05, 4.69) is 25.5 Å². The quantitative estimate of drug-likeness (QED) is 0.409. The zero-order chi connectivity index (χ0) is 26.2. The van der Waals surface area contributed by atoms with Crippen LogP contribution < -0.4 is 20.1 Å². The molecule has 0 radical (unpaired) electrons. The second-order valence-corrected chi connectivity index (χ2v) is 9.13. The number of morpholine rings is 2. The molecule has 2 fully saturated rings. The van der Waals surface area contributed by atoms with Crippen molar-refractivity contribution in [2.24, 2.45) is 0 Å². The van der Waals surface area contributed by atoms with Crippen molar-refractivity contribution in [1.82, 2.24) is 19.8 Å². The van der Waals surface area contributed by atoms with Crippen molar-refractivity contribution < 1.29 is 23.7 Å². The lowest BCUT2D eigenvalue weighted by molar-refractivity contribution is 0.0357. The number of aromatic nitrogens is 2. The standard InChI is InChI=1S/C27H34N6O5/c1-35-24-18-23-22(17-25(24)38-11-3-6-32-7-12-36-13-8-32)26(29-19-28-23)30-20-4-2-5-21(16-20)31-27(34)33-9-14-37-15-10-33/h2,4-5,16-19H,3,6-15H2,1H3,(H,31,34)(H,28,29,30). The average molecular weight is 523 g/mol. The first kappa shape index (κ1) is 26.0. The van der Waals surface area contributed by atoms with E-state index >= 15 is 0 Å². The molecule has 3 aromatic rings. The zero-order valence-corrected chi connectivity index (χ0v) is 21.6. The minimum Gasteiger partial charge on any atom is -0.493 e. The third-order valence-corrected chi connectivity index (χ3v) is 6.58. The smallest absolute Gasteiger partial charge is 0.322 e. The van der Waals surface area contributed by atoms with E-state index in [0.717, 1.165) is 55.9 Å². The summed E-state index contributed by atoms with van der Waals surface area (Å²) in [5, 5.41) is 7.13. The molecule has 11 nitrogen and oxygen atoms in total. The molecule has 202 valence electrons. The lowest BCUT2D eigenvalue weighted by atomic mass is 10.2. The molecular formula is C27H34N6O5. The number of nitrogens with zero attached hydrogens (tertiary/aromatic N) is 4. The number of methoxy groups -OCH3 is 1. The van der Waals surface area contributed by atoms with Crippen molar-refractivity contribution in [3.63, 3.8) is 0 Å². The summed E-state index contributed by atoms with van der Waals surface area (Å²) in [4.78, 5) is 25.6. The van der Waals surface area contributed by atoms with Gasteiger partial charge in [0.1, 0.15) is 12.1 Å². The molecule has 0 unspecified atom stereocenters. The fourth-order valence-corrected chi connectivity index (χ4v) is 4.51. The van der Waals surface area contributed by atoms with Crippen LogP contribution in [0.3, 0.4) is 0 Å². The molecule has 1 aromatic heterocycles. The van der Waals surface area contributed by atoms with Gasteiger partial charge in [-0.05, 0) is 30.7 Å². The Hall–Kier alpha value is -3.67. The predicted octanol–water partition coefficient (Wildman–Crippen LogP) is 3.35. The summed E-state index contributed by atoms with van der Waals surface area (Å²) in [5.74, 6) is 1.90. The van der Waals surface area contributed by atoms with Gasteiger partial charge in [-0.1, -0.05) is 6.07 Å². The van der Waals surface area contributed by atoms with Crippen LogP contribution in [-0.4, -0.2) is 98.7 Å². The Balaban J connectivity index is 1.27. The van der Waals surface area contributed by atoms with Crippen molar-refractivity contribution in [3.05, 3.63) is 42.7 Å². The molecule has 2 amide bonds. The maximum atomic E-state index is 12.6. The Kier molecular flexibility index (Phi) is 8.69. The number of amides is 2. The molecule has 2 aliphatic heterocycles. The lowest BCUT2D eigenvalue weighted by Crippen LogP contribution is -2.43. The monoisotopic (exact) mass is 522 g/mol. The minimum absolute atomic E-state index is 0.138. The maximum absolute atomic E-state index is 12.6.